The van der Waals surface area contributed by atoms with Gasteiger partial charge in [-0.1, -0.05) is 108 Å². The van der Waals surface area contributed by atoms with Crippen LogP contribution in [0.2, 0.25) is 0 Å². The largest absolute Gasteiger partial charge is 0.460 e. The summed E-state index contributed by atoms with van der Waals surface area (Å²) in [6, 6.07) is 36.7. The molecule has 0 radical (unpaired) electrons. The Morgan fingerprint density at radius 1 is 0.632 bits per heavy atom. The van der Waals surface area contributed by atoms with Crippen LogP contribution in [0.5, 0.6) is 0 Å². The fraction of sp³-hybridized carbons (Fsp3) is 0.135. The van der Waals surface area contributed by atoms with Crippen LogP contribution in [0.15, 0.2) is 182 Å². The van der Waals surface area contributed by atoms with E-state index in [0.29, 0.717) is 33.0 Å². The van der Waals surface area contributed by atoms with Gasteiger partial charge in [0.25, 0.3) is 0 Å². The monoisotopic (exact) mass is 1200 g/mol. The van der Waals surface area contributed by atoms with E-state index in [1.54, 1.807) is 84.9 Å². The van der Waals surface area contributed by atoms with Crippen molar-refractivity contribution in [3.8, 4) is 67.9 Å². The SMILES string of the molecule is CN=C(NO)c1cn(-c2ccc(-c3cccc(S(C)(=O)=O)c3)cc2)c(-c2ccccc2C(F)(F)F)n1.Cn1oc(=O)nc1-c1cn(-c2ccc(-c3cccc(S(C)(=O)=O)c3)cc2)c(-c2ccccc2C(F)(F)F)n1.[2H]CI. The van der Waals surface area contributed by atoms with E-state index in [1.807, 2.05) is 28.1 Å². The molecule has 9 aromatic rings. The first-order valence-corrected chi connectivity index (χ1v) is 27.3. The van der Waals surface area contributed by atoms with Crippen LogP contribution in [-0.2, 0) is 39.1 Å². The van der Waals surface area contributed by atoms with E-state index in [4.69, 9.17) is 5.89 Å². The molecule has 24 heteroatoms. The van der Waals surface area contributed by atoms with E-state index in [-0.39, 0.29) is 55.6 Å². The first-order valence-electron chi connectivity index (χ1n) is 22.7. The number of rotatable bonds is 10. The Hall–Kier alpha value is -7.68. The van der Waals surface area contributed by atoms with Gasteiger partial charge in [-0.15, -0.1) is 0 Å². The zero-order valence-electron chi connectivity index (χ0n) is 41.2. The number of imidazole rings is 2. The summed E-state index contributed by atoms with van der Waals surface area (Å²) in [5.41, 5.74) is 3.87. The number of halogens is 7. The molecule has 0 spiro atoms. The minimum Gasteiger partial charge on any atom is -0.319 e. The highest BCUT2D eigenvalue weighted by molar-refractivity contribution is 14.1. The van der Waals surface area contributed by atoms with E-state index in [0.717, 1.165) is 34.9 Å². The average molecular weight is 1200 g/mol. The zero-order valence-corrected chi connectivity index (χ0v) is 44.0. The van der Waals surface area contributed by atoms with Gasteiger partial charge in [0.05, 0.1) is 20.9 Å². The number of hydrogen-bond acceptors (Lipinski definition) is 11. The molecular formula is C52H43F6IN8O7S2. The zero-order chi connectivity index (χ0) is 56.0. The van der Waals surface area contributed by atoms with Gasteiger partial charge in [-0.2, -0.15) is 36.1 Å². The van der Waals surface area contributed by atoms with Crippen LogP contribution in [0, 0.1) is 0 Å². The molecule has 9 rings (SSSR count). The Balaban J connectivity index is 0.000000213. The lowest BCUT2D eigenvalue weighted by Crippen LogP contribution is -2.20. The minimum absolute atomic E-state index is 0.00106. The van der Waals surface area contributed by atoms with Crippen LogP contribution in [0.25, 0.3) is 67.9 Å². The molecule has 0 bridgehead atoms. The molecule has 76 heavy (non-hydrogen) atoms. The van der Waals surface area contributed by atoms with E-state index in [1.165, 1.54) is 84.2 Å². The molecule has 15 nitrogen and oxygen atoms in total. The Kier molecular flexibility index (Phi) is 16.3. The second-order valence-corrected chi connectivity index (χ2v) is 20.4. The van der Waals surface area contributed by atoms with Gasteiger partial charge in [-0.3, -0.25) is 24.8 Å². The number of amidine groups is 1. The van der Waals surface area contributed by atoms with Crippen molar-refractivity contribution in [1.29, 1.82) is 0 Å². The summed E-state index contributed by atoms with van der Waals surface area (Å²) in [6.07, 6.45) is -4.06. The normalized spacial score (nSPS) is 12.3. The molecule has 0 atom stereocenters. The molecule has 0 aliphatic rings. The lowest BCUT2D eigenvalue weighted by Gasteiger charge is -2.14. The fourth-order valence-electron chi connectivity index (χ4n) is 7.83. The maximum absolute atomic E-state index is 13.9. The number of nitrogens with zero attached hydrogens (tertiary/aromatic N) is 7. The van der Waals surface area contributed by atoms with Crippen molar-refractivity contribution in [2.24, 2.45) is 12.0 Å². The summed E-state index contributed by atoms with van der Waals surface area (Å²) in [4.78, 5) is 28.8. The molecule has 0 saturated carbocycles. The number of hydrogen-bond donors (Lipinski definition) is 2. The van der Waals surface area contributed by atoms with Crippen LogP contribution in [0.4, 0.5) is 26.3 Å². The van der Waals surface area contributed by atoms with Gasteiger partial charge in [-0.25, -0.2) is 31.6 Å². The molecule has 3 heterocycles. The van der Waals surface area contributed by atoms with Crippen LogP contribution >= 0.6 is 22.6 Å². The summed E-state index contributed by atoms with van der Waals surface area (Å²) in [6.45, 7) is 0. The predicted molar refractivity (Wildman–Crippen MR) is 283 cm³/mol. The van der Waals surface area contributed by atoms with Gasteiger partial charge < -0.3 is 4.52 Å². The third kappa shape index (κ3) is 12.5. The topological polar surface area (TPSA) is 197 Å². The average Bonchev–Trinajstić information content (AvgIpc) is 4.13. The highest BCUT2D eigenvalue weighted by atomic mass is 127. The fourth-order valence-corrected chi connectivity index (χ4v) is 9.16. The molecule has 394 valence electrons. The number of aryl methyl sites for hydroxylation is 1. The first-order chi connectivity index (χ1) is 36.4. The Morgan fingerprint density at radius 3 is 1.46 bits per heavy atom. The molecule has 0 amide bonds. The number of benzene rings is 6. The molecular weight excluding hydrogens is 1150 g/mol. The van der Waals surface area contributed by atoms with E-state index < -0.39 is 48.9 Å². The quantitative estimate of drug-likeness (QED) is 0.0330. The third-order valence-electron chi connectivity index (χ3n) is 11.4. The lowest BCUT2D eigenvalue weighted by molar-refractivity contribution is -0.137. The van der Waals surface area contributed by atoms with Crippen LogP contribution in [-0.4, -0.2) is 81.2 Å². The summed E-state index contributed by atoms with van der Waals surface area (Å²) in [5.74, 6) is -0.853. The van der Waals surface area contributed by atoms with Crippen molar-refractivity contribution >= 4 is 48.1 Å². The van der Waals surface area contributed by atoms with E-state index in [2.05, 4.69) is 19.9 Å². The molecule has 6 aromatic carbocycles. The molecule has 0 unspecified atom stereocenters. The first kappa shape index (κ1) is 54.6. The van der Waals surface area contributed by atoms with Gasteiger partial charge in [0, 0.05) is 62.9 Å². The lowest BCUT2D eigenvalue weighted by atomic mass is 10.0. The number of nitrogens with one attached hydrogen (secondary N) is 1. The molecule has 0 aliphatic carbocycles. The second-order valence-electron chi connectivity index (χ2n) is 16.4. The summed E-state index contributed by atoms with van der Waals surface area (Å²) >= 11 is 1.96. The third-order valence-corrected chi connectivity index (χ3v) is 13.6. The van der Waals surface area contributed by atoms with Crippen LogP contribution in [0.1, 0.15) is 18.2 Å². The maximum Gasteiger partial charge on any atom is 0.460 e. The van der Waals surface area contributed by atoms with Crippen LogP contribution in [0.3, 0.4) is 0 Å². The molecule has 3 aromatic heterocycles. The van der Waals surface area contributed by atoms with Gasteiger partial charge in [0.15, 0.2) is 31.3 Å². The summed E-state index contributed by atoms with van der Waals surface area (Å²) < 4.78 is 146. The van der Waals surface area contributed by atoms with E-state index in [9.17, 15) is 53.2 Å². The number of alkyl halides is 7. The van der Waals surface area contributed by atoms with Crippen molar-refractivity contribution in [2.45, 2.75) is 22.1 Å². The van der Waals surface area contributed by atoms with Crippen molar-refractivity contribution in [3.63, 3.8) is 0 Å². The predicted octanol–water partition coefficient (Wildman–Crippen LogP) is 11.0. The van der Waals surface area contributed by atoms with Crippen molar-refractivity contribution < 1.29 is 54.3 Å². The molecule has 0 aliphatic heterocycles. The van der Waals surface area contributed by atoms with E-state index >= 15 is 0 Å². The van der Waals surface area contributed by atoms with Gasteiger partial charge in [-0.05, 0) is 87.8 Å². The van der Waals surface area contributed by atoms with Crippen molar-refractivity contribution in [2.75, 3.05) is 24.5 Å². The van der Waals surface area contributed by atoms with Gasteiger partial charge >= 0.3 is 18.1 Å². The second kappa shape index (κ2) is 22.7. The molecule has 0 saturated heterocycles. The smallest absolute Gasteiger partial charge is 0.319 e. The Labute approximate surface area is 446 Å². The number of hydroxylamine groups is 1. The minimum atomic E-state index is -4.64. The van der Waals surface area contributed by atoms with Gasteiger partial charge in [0.2, 0.25) is 0 Å². The highest BCUT2D eigenvalue weighted by Crippen LogP contribution is 2.40. The summed E-state index contributed by atoms with van der Waals surface area (Å²) in [7, 11) is -3.95. The van der Waals surface area contributed by atoms with Crippen LogP contribution < -0.4 is 11.2 Å². The number of aliphatic imine (C=N–C) groups is 1. The Bertz CT molecular complexity index is 3900. The number of sulfone groups is 2. The standard InChI is InChI=1S/C26H19F3N4O4S.C25H21F3N4O3S.CH3I/c1-32-24(31-25(34)37-32)22-15-33(23(30-22)20-8-3-4-9-21(20)26(27,28)29)18-12-10-16(11-13-18)17-6-5-7-19(14-17)38(2,35)36;1-29-23(31-33)22-15-32(24(30-22)20-8-3-4-9-21(20)25(26,27)28)18-12-10-16(11-13-18)17-6-5-7-19(14-17)36(2,34)35;1-2/h3-15H,1-2H3;3-15,33H,1-2H3,(H,29,31);1H3/i;;1D. The Morgan fingerprint density at radius 2 is 1.07 bits per heavy atom. The summed E-state index contributed by atoms with van der Waals surface area (Å²) in [5, 5.41) is 9.39. The van der Waals surface area contributed by atoms with Gasteiger partial charge in [0.1, 0.15) is 23.0 Å². The maximum atomic E-state index is 13.9. The van der Waals surface area contributed by atoms with Crippen molar-refractivity contribution in [1.82, 2.24) is 34.3 Å². The highest BCUT2D eigenvalue weighted by Gasteiger charge is 2.36. The van der Waals surface area contributed by atoms with Crippen molar-refractivity contribution in [3.05, 3.63) is 185 Å². The molecule has 0 fully saturated rings. The molecule has 2 N–H and O–H groups in total. The number of aromatic nitrogens is 6.